The molecule has 0 atom stereocenters. The second kappa shape index (κ2) is 6.61. The summed E-state index contributed by atoms with van der Waals surface area (Å²) in [6, 6.07) is 7.19. The summed E-state index contributed by atoms with van der Waals surface area (Å²) in [5, 5.41) is 11.4. The number of thioether (sulfide) groups is 1. The number of ether oxygens (including phenoxy) is 1. The Morgan fingerprint density at radius 2 is 2.26 bits per heavy atom. The fraction of sp³-hybridized carbons (Fsp3) is 0.214. The van der Waals surface area contributed by atoms with Crippen molar-refractivity contribution >= 4 is 34.5 Å². The Balaban J connectivity index is 1.66. The Hall–Kier alpha value is -2.68. The Morgan fingerprint density at radius 1 is 1.39 bits per heavy atom. The molecule has 118 valence electrons. The number of amides is 1. The van der Waals surface area contributed by atoms with Crippen molar-refractivity contribution in [3.8, 4) is 5.75 Å². The smallest absolute Gasteiger partial charge is 0.234 e. The largest absolute Gasteiger partial charge is 0.497 e. The zero-order valence-electron chi connectivity index (χ0n) is 12.6. The van der Waals surface area contributed by atoms with E-state index in [1.54, 1.807) is 31.0 Å². The Kier molecular flexibility index (Phi) is 4.38. The number of aromatic nitrogens is 5. The number of anilines is 1. The standard InChI is InChI=1S/C14H14N6O2S/c1-20-13-12(18-19-20)14(16-8-15-13)23-7-11(21)17-9-4-3-5-10(6-9)22-2/h3-6,8H,7H2,1-2H3,(H,17,21). The normalized spacial score (nSPS) is 10.7. The number of carbonyl (C=O) groups is 1. The fourth-order valence-corrected chi connectivity index (χ4v) is 2.70. The summed E-state index contributed by atoms with van der Waals surface area (Å²) >= 11 is 1.29. The van der Waals surface area contributed by atoms with Crippen LogP contribution < -0.4 is 10.1 Å². The molecule has 0 aliphatic rings. The minimum atomic E-state index is -0.140. The molecule has 0 saturated carbocycles. The van der Waals surface area contributed by atoms with E-state index in [0.29, 0.717) is 27.6 Å². The van der Waals surface area contributed by atoms with Crippen LogP contribution in [-0.2, 0) is 11.8 Å². The second-order valence-corrected chi connectivity index (χ2v) is 5.60. The van der Waals surface area contributed by atoms with Crippen molar-refractivity contribution in [1.82, 2.24) is 25.0 Å². The van der Waals surface area contributed by atoms with Crippen molar-refractivity contribution in [2.24, 2.45) is 7.05 Å². The summed E-state index contributed by atoms with van der Waals surface area (Å²) in [6.45, 7) is 0. The minimum Gasteiger partial charge on any atom is -0.497 e. The number of rotatable bonds is 5. The number of methoxy groups -OCH3 is 1. The Bertz CT molecular complexity index is 850. The Labute approximate surface area is 136 Å². The lowest BCUT2D eigenvalue weighted by molar-refractivity contribution is -0.113. The number of fused-ring (bicyclic) bond motifs is 1. The molecule has 0 fully saturated rings. The molecule has 1 aromatic carbocycles. The molecule has 0 saturated heterocycles. The number of aryl methyl sites for hydroxylation is 1. The molecule has 2 aromatic heterocycles. The van der Waals surface area contributed by atoms with E-state index in [9.17, 15) is 4.79 Å². The van der Waals surface area contributed by atoms with E-state index in [1.807, 2.05) is 12.1 Å². The van der Waals surface area contributed by atoms with Gasteiger partial charge in [-0.05, 0) is 12.1 Å². The van der Waals surface area contributed by atoms with E-state index < -0.39 is 0 Å². The van der Waals surface area contributed by atoms with E-state index >= 15 is 0 Å². The predicted octanol–water partition coefficient (Wildman–Crippen LogP) is 1.50. The van der Waals surface area contributed by atoms with Crippen LogP contribution in [0.5, 0.6) is 5.75 Å². The molecule has 23 heavy (non-hydrogen) atoms. The summed E-state index contributed by atoms with van der Waals surface area (Å²) in [5.41, 5.74) is 1.91. The van der Waals surface area contributed by atoms with Crippen LogP contribution in [0.25, 0.3) is 11.2 Å². The highest BCUT2D eigenvalue weighted by Crippen LogP contribution is 2.22. The van der Waals surface area contributed by atoms with E-state index in [2.05, 4.69) is 25.6 Å². The van der Waals surface area contributed by atoms with E-state index in [1.165, 1.54) is 18.1 Å². The molecule has 0 unspecified atom stereocenters. The highest BCUT2D eigenvalue weighted by Gasteiger charge is 2.12. The van der Waals surface area contributed by atoms with Gasteiger partial charge in [0.25, 0.3) is 0 Å². The molecule has 3 aromatic rings. The summed E-state index contributed by atoms with van der Waals surface area (Å²) in [6.07, 6.45) is 1.44. The first-order valence-electron chi connectivity index (χ1n) is 6.74. The van der Waals surface area contributed by atoms with Gasteiger partial charge in [-0.3, -0.25) is 4.79 Å². The van der Waals surface area contributed by atoms with Gasteiger partial charge in [0, 0.05) is 18.8 Å². The average molecular weight is 330 g/mol. The molecule has 3 rings (SSSR count). The first-order valence-corrected chi connectivity index (χ1v) is 7.73. The first-order chi connectivity index (χ1) is 11.2. The van der Waals surface area contributed by atoms with Crippen molar-refractivity contribution in [2.45, 2.75) is 5.03 Å². The maximum absolute atomic E-state index is 12.1. The SMILES string of the molecule is COc1cccc(NC(=O)CSc2ncnc3c2nnn3C)c1. The van der Waals surface area contributed by atoms with E-state index in [4.69, 9.17) is 4.74 Å². The molecule has 1 N–H and O–H groups in total. The van der Waals surface area contributed by atoms with Crippen LogP contribution in [0.1, 0.15) is 0 Å². The van der Waals surface area contributed by atoms with Gasteiger partial charge in [-0.15, -0.1) is 5.10 Å². The molecule has 9 heteroatoms. The van der Waals surface area contributed by atoms with Gasteiger partial charge in [0.2, 0.25) is 5.91 Å². The van der Waals surface area contributed by atoms with Crippen molar-refractivity contribution in [2.75, 3.05) is 18.2 Å². The van der Waals surface area contributed by atoms with Gasteiger partial charge >= 0.3 is 0 Å². The molecule has 0 spiro atoms. The maximum Gasteiger partial charge on any atom is 0.234 e. The highest BCUT2D eigenvalue weighted by atomic mass is 32.2. The van der Waals surface area contributed by atoms with Gasteiger partial charge in [-0.1, -0.05) is 23.0 Å². The highest BCUT2D eigenvalue weighted by molar-refractivity contribution is 8.00. The van der Waals surface area contributed by atoms with Crippen LogP contribution in [-0.4, -0.2) is 43.7 Å². The molecule has 0 radical (unpaired) electrons. The van der Waals surface area contributed by atoms with Gasteiger partial charge in [0.1, 0.15) is 17.1 Å². The van der Waals surface area contributed by atoms with Gasteiger partial charge in [-0.2, -0.15) is 0 Å². The van der Waals surface area contributed by atoms with Crippen LogP contribution in [0.15, 0.2) is 35.6 Å². The van der Waals surface area contributed by atoms with Crippen LogP contribution in [0.3, 0.4) is 0 Å². The molecule has 8 nitrogen and oxygen atoms in total. The van der Waals surface area contributed by atoms with Crippen LogP contribution >= 0.6 is 11.8 Å². The number of benzene rings is 1. The molecule has 1 amide bonds. The quantitative estimate of drug-likeness (QED) is 0.559. The van der Waals surface area contributed by atoms with Gasteiger partial charge < -0.3 is 10.1 Å². The molecule has 2 heterocycles. The summed E-state index contributed by atoms with van der Waals surface area (Å²) in [5.74, 6) is 0.756. The van der Waals surface area contributed by atoms with E-state index in [0.717, 1.165) is 0 Å². The third-order valence-electron chi connectivity index (χ3n) is 3.05. The topological polar surface area (TPSA) is 94.8 Å². The molecule has 0 bridgehead atoms. The number of hydrogen-bond acceptors (Lipinski definition) is 7. The zero-order valence-corrected chi connectivity index (χ0v) is 13.4. The molecule has 0 aliphatic carbocycles. The Morgan fingerprint density at radius 3 is 3.09 bits per heavy atom. The number of nitrogens with one attached hydrogen (secondary N) is 1. The van der Waals surface area contributed by atoms with Crippen LogP contribution in [0.2, 0.25) is 0 Å². The van der Waals surface area contributed by atoms with Crippen molar-refractivity contribution in [1.29, 1.82) is 0 Å². The first kappa shape index (κ1) is 15.2. The molecular weight excluding hydrogens is 316 g/mol. The molecular formula is C14H14N6O2S. The summed E-state index contributed by atoms with van der Waals surface area (Å²) in [4.78, 5) is 20.3. The zero-order chi connectivity index (χ0) is 16.2. The van der Waals surface area contributed by atoms with Gasteiger partial charge in [0.15, 0.2) is 11.2 Å². The maximum atomic E-state index is 12.1. The van der Waals surface area contributed by atoms with Crippen molar-refractivity contribution in [3.63, 3.8) is 0 Å². The van der Waals surface area contributed by atoms with Gasteiger partial charge in [-0.25, -0.2) is 14.6 Å². The van der Waals surface area contributed by atoms with Gasteiger partial charge in [0.05, 0.1) is 12.9 Å². The lowest BCUT2D eigenvalue weighted by Crippen LogP contribution is -2.14. The monoisotopic (exact) mass is 330 g/mol. The van der Waals surface area contributed by atoms with E-state index in [-0.39, 0.29) is 11.7 Å². The number of hydrogen-bond donors (Lipinski definition) is 1. The summed E-state index contributed by atoms with van der Waals surface area (Å²) < 4.78 is 6.69. The second-order valence-electron chi connectivity index (χ2n) is 4.63. The van der Waals surface area contributed by atoms with Crippen LogP contribution in [0, 0.1) is 0 Å². The van der Waals surface area contributed by atoms with Crippen molar-refractivity contribution < 1.29 is 9.53 Å². The van der Waals surface area contributed by atoms with Crippen molar-refractivity contribution in [3.05, 3.63) is 30.6 Å². The average Bonchev–Trinajstić information content (AvgIpc) is 2.95. The number of carbonyl (C=O) groups excluding carboxylic acids is 1. The number of nitrogens with zero attached hydrogens (tertiary/aromatic N) is 5. The predicted molar refractivity (Wildman–Crippen MR) is 86.4 cm³/mol. The lowest BCUT2D eigenvalue weighted by atomic mass is 10.3. The fourth-order valence-electron chi connectivity index (χ4n) is 1.97. The minimum absolute atomic E-state index is 0.140. The summed E-state index contributed by atoms with van der Waals surface area (Å²) in [7, 11) is 3.34. The third-order valence-corrected chi connectivity index (χ3v) is 4.03. The molecule has 0 aliphatic heterocycles. The van der Waals surface area contributed by atoms with Crippen LogP contribution in [0.4, 0.5) is 5.69 Å². The lowest BCUT2D eigenvalue weighted by Gasteiger charge is -2.06. The third kappa shape index (κ3) is 3.39.